The van der Waals surface area contributed by atoms with Crippen molar-refractivity contribution in [2.24, 2.45) is 11.8 Å². The van der Waals surface area contributed by atoms with Crippen LogP contribution in [0.5, 0.6) is 0 Å². The third kappa shape index (κ3) is 2.14. The monoisotopic (exact) mass is 225 g/mol. The average Bonchev–Trinajstić information content (AvgIpc) is 3.00. The highest BCUT2D eigenvalue weighted by molar-refractivity contribution is 4.98. The lowest BCUT2D eigenvalue weighted by atomic mass is 9.80. The van der Waals surface area contributed by atoms with E-state index in [2.05, 4.69) is 39.6 Å². The Morgan fingerprint density at radius 1 is 1.31 bits per heavy atom. The highest BCUT2D eigenvalue weighted by Gasteiger charge is 2.48. The van der Waals surface area contributed by atoms with Crippen LogP contribution >= 0.6 is 0 Å². The largest absolute Gasteiger partial charge is 0.369 e. The molecule has 2 fully saturated rings. The summed E-state index contributed by atoms with van der Waals surface area (Å²) >= 11 is 0. The molecule has 0 saturated carbocycles. The van der Waals surface area contributed by atoms with Crippen molar-refractivity contribution in [1.29, 1.82) is 0 Å². The van der Waals surface area contributed by atoms with E-state index in [1.807, 2.05) is 0 Å². The van der Waals surface area contributed by atoms with Crippen LogP contribution < -0.4 is 0 Å². The number of likely N-dealkylation sites (tertiary alicyclic amines) is 1. The second kappa shape index (κ2) is 4.66. The fourth-order valence-corrected chi connectivity index (χ4v) is 3.52. The minimum Gasteiger partial charge on any atom is -0.369 e. The molecule has 0 bridgehead atoms. The Balaban J connectivity index is 1.95. The van der Waals surface area contributed by atoms with Gasteiger partial charge < -0.3 is 9.64 Å². The molecule has 2 rings (SSSR count). The number of hydrogen-bond donors (Lipinski definition) is 0. The first-order valence-corrected chi connectivity index (χ1v) is 6.93. The third-order valence-electron chi connectivity index (χ3n) is 4.80. The molecular formula is C14H27NO. The van der Waals surface area contributed by atoms with Gasteiger partial charge in [-0.2, -0.15) is 0 Å². The molecule has 5 unspecified atom stereocenters. The van der Waals surface area contributed by atoms with Crippen LogP contribution in [0.3, 0.4) is 0 Å². The molecule has 0 spiro atoms. The molecule has 94 valence electrons. The van der Waals surface area contributed by atoms with Crippen molar-refractivity contribution in [1.82, 2.24) is 4.90 Å². The molecular weight excluding hydrogens is 198 g/mol. The molecule has 2 heteroatoms. The Morgan fingerprint density at radius 2 is 2.00 bits per heavy atom. The lowest BCUT2D eigenvalue weighted by Crippen LogP contribution is -2.50. The van der Waals surface area contributed by atoms with E-state index in [1.54, 1.807) is 0 Å². The second-order valence-electron chi connectivity index (χ2n) is 6.01. The highest BCUT2D eigenvalue weighted by Crippen LogP contribution is 2.41. The maximum atomic E-state index is 5.79. The Morgan fingerprint density at radius 3 is 2.50 bits per heavy atom. The van der Waals surface area contributed by atoms with E-state index in [0.29, 0.717) is 18.2 Å². The Bertz CT molecular complexity index is 241. The predicted octanol–water partition coefficient (Wildman–Crippen LogP) is 2.92. The van der Waals surface area contributed by atoms with Gasteiger partial charge in [0.1, 0.15) is 0 Å². The summed E-state index contributed by atoms with van der Waals surface area (Å²) in [5, 5.41) is 0. The van der Waals surface area contributed by atoms with E-state index < -0.39 is 0 Å². The number of nitrogens with zero attached hydrogens (tertiary/aromatic N) is 1. The second-order valence-corrected chi connectivity index (χ2v) is 6.01. The number of ether oxygens (including phenoxy) is 1. The molecule has 0 amide bonds. The fraction of sp³-hybridized carbons (Fsp3) is 1.00. The van der Waals surface area contributed by atoms with E-state index in [4.69, 9.17) is 4.74 Å². The van der Waals surface area contributed by atoms with E-state index in [1.165, 1.54) is 19.3 Å². The van der Waals surface area contributed by atoms with Crippen LogP contribution in [-0.4, -0.2) is 36.2 Å². The van der Waals surface area contributed by atoms with Crippen molar-refractivity contribution >= 4 is 0 Å². The summed E-state index contributed by atoms with van der Waals surface area (Å²) in [5.74, 6) is 1.54. The van der Waals surface area contributed by atoms with E-state index in [9.17, 15) is 0 Å². The third-order valence-corrected chi connectivity index (χ3v) is 4.80. The molecule has 0 aromatic rings. The minimum atomic E-state index is 0.565. The van der Waals surface area contributed by atoms with Gasteiger partial charge in [-0.25, -0.2) is 0 Å². The molecule has 2 saturated heterocycles. The minimum absolute atomic E-state index is 0.565. The van der Waals surface area contributed by atoms with Gasteiger partial charge in [-0.3, -0.25) is 0 Å². The van der Waals surface area contributed by atoms with Gasteiger partial charge in [-0.1, -0.05) is 20.8 Å². The lowest BCUT2D eigenvalue weighted by molar-refractivity contribution is 0.0389. The lowest BCUT2D eigenvalue weighted by Gasteiger charge is -2.44. The molecule has 2 heterocycles. The summed E-state index contributed by atoms with van der Waals surface area (Å²) in [4.78, 5) is 2.59. The number of rotatable bonds is 3. The number of piperidine rings is 1. The van der Waals surface area contributed by atoms with Crippen LogP contribution in [0.4, 0.5) is 0 Å². The van der Waals surface area contributed by atoms with Crippen LogP contribution in [0.1, 0.15) is 47.0 Å². The van der Waals surface area contributed by atoms with Crippen LogP contribution in [0.25, 0.3) is 0 Å². The quantitative estimate of drug-likeness (QED) is 0.686. The normalized spacial score (nSPS) is 45.0. The Kier molecular flexibility index (Phi) is 3.60. The van der Waals surface area contributed by atoms with Gasteiger partial charge in [0.05, 0.1) is 12.2 Å². The molecule has 0 radical (unpaired) electrons. The molecule has 2 aliphatic rings. The summed E-state index contributed by atoms with van der Waals surface area (Å²) in [5.41, 5.74) is 0. The van der Waals surface area contributed by atoms with Gasteiger partial charge in [0, 0.05) is 18.0 Å². The van der Waals surface area contributed by atoms with Crippen LogP contribution in [0.2, 0.25) is 0 Å². The van der Waals surface area contributed by atoms with E-state index in [0.717, 1.165) is 17.9 Å². The van der Waals surface area contributed by atoms with E-state index >= 15 is 0 Å². The van der Waals surface area contributed by atoms with Crippen molar-refractivity contribution < 1.29 is 4.74 Å². The SMILES string of the molecule is CCC1OC1C1CCC(C(C)C)N(C)C1C. The summed E-state index contributed by atoms with van der Waals surface area (Å²) in [6, 6.07) is 1.45. The fourth-order valence-electron chi connectivity index (χ4n) is 3.52. The Labute approximate surface area is 100 Å². The van der Waals surface area contributed by atoms with Crippen molar-refractivity contribution in [2.75, 3.05) is 7.05 Å². The van der Waals surface area contributed by atoms with Gasteiger partial charge in [-0.05, 0) is 39.2 Å². The first-order chi connectivity index (χ1) is 7.56. The maximum Gasteiger partial charge on any atom is 0.0884 e. The first-order valence-electron chi connectivity index (χ1n) is 6.93. The van der Waals surface area contributed by atoms with Gasteiger partial charge >= 0.3 is 0 Å². The summed E-state index contributed by atoms with van der Waals surface area (Å²) < 4.78 is 5.79. The van der Waals surface area contributed by atoms with Gasteiger partial charge in [0.25, 0.3) is 0 Å². The summed E-state index contributed by atoms with van der Waals surface area (Å²) in [6.45, 7) is 9.31. The zero-order valence-electron chi connectivity index (χ0n) is 11.4. The van der Waals surface area contributed by atoms with Crippen LogP contribution in [-0.2, 0) is 4.74 Å². The molecule has 2 aliphatic heterocycles. The van der Waals surface area contributed by atoms with Gasteiger partial charge in [-0.15, -0.1) is 0 Å². The number of epoxide rings is 1. The molecule has 0 N–H and O–H groups in total. The summed E-state index contributed by atoms with van der Waals surface area (Å²) in [6.07, 6.45) is 5.02. The molecule has 16 heavy (non-hydrogen) atoms. The molecule has 0 aliphatic carbocycles. The van der Waals surface area contributed by atoms with Crippen LogP contribution in [0, 0.1) is 11.8 Å². The van der Waals surface area contributed by atoms with Crippen molar-refractivity contribution in [3.63, 3.8) is 0 Å². The summed E-state index contributed by atoms with van der Waals surface area (Å²) in [7, 11) is 2.30. The topological polar surface area (TPSA) is 15.8 Å². The smallest absolute Gasteiger partial charge is 0.0884 e. The standard InChI is InChI=1S/C14H27NO/c1-6-13-14(16-13)11-7-8-12(9(2)3)15(5)10(11)4/h9-14H,6-8H2,1-5H3. The predicted molar refractivity (Wildman–Crippen MR) is 67.5 cm³/mol. The highest BCUT2D eigenvalue weighted by atomic mass is 16.6. The zero-order valence-corrected chi connectivity index (χ0v) is 11.4. The Hall–Kier alpha value is -0.0800. The first kappa shape index (κ1) is 12.4. The van der Waals surface area contributed by atoms with Gasteiger partial charge in [0.2, 0.25) is 0 Å². The number of hydrogen-bond acceptors (Lipinski definition) is 2. The van der Waals surface area contributed by atoms with Crippen molar-refractivity contribution in [3.8, 4) is 0 Å². The van der Waals surface area contributed by atoms with Crippen molar-refractivity contribution in [2.45, 2.75) is 71.2 Å². The van der Waals surface area contributed by atoms with Crippen molar-refractivity contribution in [3.05, 3.63) is 0 Å². The molecule has 0 aromatic heterocycles. The zero-order chi connectivity index (χ0) is 11.9. The molecule has 2 nitrogen and oxygen atoms in total. The molecule has 0 aromatic carbocycles. The van der Waals surface area contributed by atoms with Gasteiger partial charge in [0.15, 0.2) is 0 Å². The maximum absolute atomic E-state index is 5.79. The molecule has 5 atom stereocenters. The van der Waals surface area contributed by atoms with E-state index in [-0.39, 0.29) is 0 Å². The average molecular weight is 225 g/mol. The van der Waals surface area contributed by atoms with Crippen LogP contribution in [0.15, 0.2) is 0 Å².